The van der Waals surface area contributed by atoms with Gasteiger partial charge < -0.3 is 15.9 Å². The van der Waals surface area contributed by atoms with Crippen LogP contribution in [0.3, 0.4) is 0 Å². The number of imidazole rings is 1. The van der Waals surface area contributed by atoms with Gasteiger partial charge in [0.15, 0.2) is 5.65 Å². The molecule has 0 atom stereocenters. The molecule has 0 saturated carbocycles. The molecule has 15 heavy (non-hydrogen) atoms. The van der Waals surface area contributed by atoms with Gasteiger partial charge in [-0.3, -0.25) is 4.79 Å². The number of carbonyl (C=O) groups excluding carboxylic acids is 1. The molecule has 0 aliphatic rings. The molecule has 0 fully saturated rings. The number of nitrogens with two attached hydrogens (primary N) is 2. The molecule has 0 bridgehead atoms. The van der Waals surface area contributed by atoms with Gasteiger partial charge in [-0.1, -0.05) is 0 Å². The van der Waals surface area contributed by atoms with Crippen LogP contribution in [0.15, 0.2) is 12.3 Å². The second-order valence-electron chi connectivity index (χ2n) is 3.52. The topological polar surface area (TPSA) is 86.4 Å². The maximum absolute atomic E-state index is 11.0. The molecule has 2 rings (SSSR count). The van der Waals surface area contributed by atoms with Crippen LogP contribution in [0.25, 0.3) is 5.65 Å². The Bertz CT molecular complexity index is 556. The van der Waals surface area contributed by atoms with Gasteiger partial charge in [0.05, 0.1) is 16.9 Å². The monoisotopic (exact) mass is 204 g/mol. The Hall–Kier alpha value is -2.04. The molecule has 2 heterocycles. The molecule has 0 aliphatic carbocycles. The second-order valence-corrected chi connectivity index (χ2v) is 3.52. The average Bonchev–Trinajstić information content (AvgIpc) is 2.45. The van der Waals surface area contributed by atoms with Gasteiger partial charge >= 0.3 is 0 Å². The minimum Gasteiger partial charge on any atom is -0.396 e. The summed E-state index contributed by atoms with van der Waals surface area (Å²) in [6.07, 6.45) is 1.66. The summed E-state index contributed by atoms with van der Waals surface area (Å²) >= 11 is 0. The van der Waals surface area contributed by atoms with E-state index in [9.17, 15) is 4.79 Å². The van der Waals surface area contributed by atoms with Gasteiger partial charge in [0.1, 0.15) is 0 Å². The standard InChI is InChI=1S/C10H12N4O/c1-5-6(2)14-4-7(9(12)15)3-8(11)10(14)13-5/h3-4H,11H2,1-2H3,(H2,12,15). The lowest BCUT2D eigenvalue weighted by atomic mass is 10.2. The first kappa shape index (κ1) is 9.51. The number of primary amides is 1. The van der Waals surface area contributed by atoms with Gasteiger partial charge in [0.2, 0.25) is 5.91 Å². The van der Waals surface area contributed by atoms with E-state index in [-0.39, 0.29) is 0 Å². The van der Waals surface area contributed by atoms with Crippen LogP contribution in [-0.4, -0.2) is 15.3 Å². The molecule has 5 heteroatoms. The molecule has 0 radical (unpaired) electrons. The zero-order chi connectivity index (χ0) is 11.2. The third kappa shape index (κ3) is 1.32. The highest BCUT2D eigenvalue weighted by Gasteiger charge is 2.10. The number of rotatable bonds is 1. The Balaban J connectivity index is 2.85. The molecule has 1 amide bonds. The smallest absolute Gasteiger partial charge is 0.250 e. The van der Waals surface area contributed by atoms with Crippen LogP contribution in [-0.2, 0) is 0 Å². The number of amides is 1. The number of aromatic nitrogens is 2. The van der Waals surface area contributed by atoms with Crippen molar-refractivity contribution in [3.05, 3.63) is 29.2 Å². The zero-order valence-corrected chi connectivity index (χ0v) is 8.61. The predicted molar refractivity (Wildman–Crippen MR) is 57.6 cm³/mol. The van der Waals surface area contributed by atoms with Crippen molar-refractivity contribution < 1.29 is 4.79 Å². The van der Waals surface area contributed by atoms with Crippen molar-refractivity contribution in [1.29, 1.82) is 0 Å². The van der Waals surface area contributed by atoms with Gasteiger partial charge in [-0.2, -0.15) is 0 Å². The first-order chi connectivity index (χ1) is 7.00. The van der Waals surface area contributed by atoms with Gasteiger partial charge in [0.25, 0.3) is 0 Å². The number of hydrogen-bond acceptors (Lipinski definition) is 3. The van der Waals surface area contributed by atoms with Crippen LogP contribution in [0.4, 0.5) is 5.69 Å². The highest BCUT2D eigenvalue weighted by atomic mass is 16.1. The molecule has 0 saturated heterocycles. The third-order valence-corrected chi connectivity index (χ3v) is 2.51. The number of pyridine rings is 1. The Morgan fingerprint density at radius 1 is 1.47 bits per heavy atom. The number of nitrogens with zero attached hydrogens (tertiary/aromatic N) is 2. The maximum atomic E-state index is 11.0. The van der Waals surface area contributed by atoms with Crippen molar-refractivity contribution in [1.82, 2.24) is 9.38 Å². The Labute approximate surface area is 86.7 Å². The van der Waals surface area contributed by atoms with Gasteiger partial charge in [-0.15, -0.1) is 0 Å². The summed E-state index contributed by atoms with van der Waals surface area (Å²) in [6.45, 7) is 3.81. The summed E-state index contributed by atoms with van der Waals surface area (Å²) in [6, 6.07) is 1.55. The van der Waals surface area contributed by atoms with E-state index < -0.39 is 5.91 Å². The zero-order valence-electron chi connectivity index (χ0n) is 8.61. The molecule has 4 N–H and O–H groups in total. The number of carbonyl (C=O) groups is 1. The van der Waals surface area contributed by atoms with Crippen LogP contribution in [0, 0.1) is 13.8 Å². The molecule has 0 unspecified atom stereocenters. The minimum absolute atomic E-state index is 0.389. The minimum atomic E-state index is -0.491. The fourth-order valence-corrected chi connectivity index (χ4v) is 1.53. The van der Waals surface area contributed by atoms with E-state index in [2.05, 4.69) is 4.98 Å². The van der Waals surface area contributed by atoms with Gasteiger partial charge in [0, 0.05) is 11.9 Å². The number of nitrogen functional groups attached to an aromatic ring is 1. The SMILES string of the molecule is Cc1nc2c(N)cc(C(N)=O)cn2c1C. The van der Waals surface area contributed by atoms with E-state index in [0.29, 0.717) is 16.9 Å². The summed E-state index contributed by atoms with van der Waals surface area (Å²) in [4.78, 5) is 15.3. The molecular weight excluding hydrogens is 192 g/mol. The maximum Gasteiger partial charge on any atom is 0.250 e. The van der Waals surface area contributed by atoms with Crippen LogP contribution in [0.1, 0.15) is 21.7 Å². The van der Waals surface area contributed by atoms with Crippen molar-refractivity contribution in [3.63, 3.8) is 0 Å². The lowest BCUT2D eigenvalue weighted by Gasteiger charge is -2.02. The molecule has 0 aromatic carbocycles. The van der Waals surface area contributed by atoms with Crippen LogP contribution in [0.5, 0.6) is 0 Å². The summed E-state index contributed by atoms with van der Waals surface area (Å²) < 4.78 is 1.78. The Kier molecular flexibility index (Phi) is 1.89. The summed E-state index contributed by atoms with van der Waals surface area (Å²) in [5, 5.41) is 0. The van der Waals surface area contributed by atoms with Crippen LogP contribution < -0.4 is 11.5 Å². The van der Waals surface area contributed by atoms with Crippen LogP contribution in [0.2, 0.25) is 0 Å². The summed E-state index contributed by atoms with van der Waals surface area (Å²) in [5.41, 5.74) is 14.4. The molecule has 78 valence electrons. The number of aryl methyl sites for hydroxylation is 2. The Morgan fingerprint density at radius 3 is 2.73 bits per heavy atom. The van der Waals surface area contributed by atoms with E-state index in [1.807, 2.05) is 13.8 Å². The molecule has 5 nitrogen and oxygen atoms in total. The van der Waals surface area contributed by atoms with Crippen molar-refractivity contribution >= 4 is 17.2 Å². The quantitative estimate of drug-likeness (QED) is 0.714. The van der Waals surface area contributed by atoms with Crippen molar-refractivity contribution in [2.75, 3.05) is 5.73 Å². The van der Waals surface area contributed by atoms with E-state index in [1.165, 1.54) is 0 Å². The van der Waals surface area contributed by atoms with Crippen molar-refractivity contribution in [2.45, 2.75) is 13.8 Å². The summed E-state index contributed by atoms with van der Waals surface area (Å²) in [7, 11) is 0. The highest BCUT2D eigenvalue weighted by Crippen LogP contribution is 2.18. The fourth-order valence-electron chi connectivity index (χ4n) is 1.53. The number of hydrogen-bond donors (Lipinski definition) is 2. The first-order valence-corrected chi connectivity index (χ1v) is 4.55. The van der Waals surface area contributed by atoms with E-state index in [4.69, 9.17) is 11.5 Å². The second kappa shape index (κ2) is 2.98. The average molecular weight is 204 g/mol. The van der Waals surface area contributed by atoms with E-state index in [0.717, 1.165) is 11.4 Å². The highest BCUT2D eigenvalue weighted by molar-refractivity contribution is 5.94. The lowest BCUT2D eigenvalue weighted by molar-refractivity contribution is 0.1000. The normalized spacial score (nSPS) is 10.8. The van der Waals surface area contributed by atoms with Gasteiger partial charge in [-0.25, -0.2) is 4.98 Å². The van der Waals surface area contributed by atoms with Crippen molar-refractivity contribution in [2.24, 2.45) is 5.73 Å². The van der Waals surface area contributed by atoms with Crippen LogP contribution >= 0.6 is 0 Å². The van der Waals surface area contributed by atoms with E-state index >= 15 is 0 Å². The number of anilines is 1. The van der Waals surface area contributed by atoms with Crippen molar-refractivity contribution in [3.8, 4) is 0 Å². The molecular formula is C10H12N4O. The third-order valence-electron chi connectivity index (χ3n) is 2.51. The molecule has 2 aromatic rings. The first-order valence-electron chi connectivity index (χ1n) is 4.55. The largest absolute Gasteiger partial charge is 0.396 e. The molecule has 0 spiro atoms. The Morgan fingerprint density at radius 2 is 2.13 bits per heavy atom. The lowest BCUT2D eigenvalue weighted by Crippen LogP contribution is -2.12. The predicted octanol–water partition coefficient (Wildman–Crippen LogP) is 0.632. The fraction of sp³-hybridized carbons (Fsp3) is 0.200. The summed E-state index contributed by atoms with van der Waals surface area (Å²) in [5.74, 6) is -0.491. The molecule has 0 aliphatic heterocycles. The number of fused-ring (bicyclic) bond motifs is 1. The van der Waals surface area contributed by atoms with Gasteiger partial charge in [-0.05, 0) is 19.9 Å². The van der Waals surface area contributed by atoms with E-state index in [1.54, 1.807) is 16.7 Å². The molecule has 2 aromatic heterocycles.